The molecule has 0 bridgehead atoms. The van der Waals surface area contributed by atoms with Crippen LogP contribution in [0.5, 0.6) is 0 Å². The molecule has 0 saturated heterocycles. The zero-order valence-corrected chi connectivity index (χ0v) is 12.2. The summed E-state index contributed by atoms with van der Waals surface area (Å²) in [7, 11) is 0. The molecule has 0 amide bonds. The third-order valence-corrected chi connectivity index (χ3v) is 4.43. The van der Waals surface area contributed by atoms with Crippen molar-refractivity contribution in [2.24, 2.45) is 5.73 Å². The fourth-order valence-corrected chi connectivity index (χ4v) is 2.65. The zero-order valence-electron chi connectivity index (χ0n) is 10.1. The van der Waals surface area contributed by atoms with Crippen molar-refractivity contribution in [1.29, 1.82) is 0 Å². The topological polar surface area (TPSA) is 26.0 Å². The fourth-order valence-electron chi connectivity index (χ4n) is 1.95. The van der Waals surface area contributed by atoms with Crippen LogP contribution >= 0.6 is 22.6 Å². The number of rotatable bonds is 2. The first-order valence-electron chi connectivity index (χ1n) is 5.67. The predicted molar refractivity (Wildman–Crippen MR) is 81.1 cm³/mol. The third kappa shape index (κ3) is 2.69. The number of aryl methyl sites for hydroxylation is 2. The van der Waals surface area contributed by atoms with Crippen LogP contribution in [0, 0.1) is 17.4 Å². The van der Waals surface area contributed by atoms with Gasteiger partial charge in [-0.15, -0.1) is 0 Å². The largest absolute Gasteiger partial charge is 0.320 e. The lowest BCUT2D eigenvalue weighted by atomic mass is 9.97. The van der Waals surface area contributed by atoms with Gasteiger partial charge in [-0.25, -0.2) is 0 Å². The van der Waals surface area contributed by atoms with Crippen LogP contribution in [0.15, 0.2) is 42.5 Å². The number of benzene rings is 2. The smallest absolute Gasteiger partial charge is 0.0562 e. The SMILES string of the molecule is Cc1cccc(C(N)c2cccc(C)c2I)c1. The van der Waals surface area contributed by atoms with Crippen LogP contribution in [0.4, 0.5) is 0 Å². The van der Waals surface area contributed by atoms with Gasteiger partial charge in [0.2, 0.25) is 0 Å². The summed E-state index contributed by atoms with van der Waals surface area (Å²) < 4.78 is 1.26. The Balaban J connectivity index is 2.44. The van der Waals surface area contributed by atoms with Gasteiger partial charge in [-0.1, -0.05) is 48.0 Å². The van der Waals surface area contributed by atoms with Crippen LogP contribution in [0.3, 0.4) is 0 Å². The Morgan fingerprint density at radius 3 is 2.47 bits per heavy atom. The summed E-state index contributed by atoms with van der Waals surface area (Å²) in [4.78, 5) is 0. The first-order chi connectivity index (χ1) is 8.09. The molecule has 0 saturated carbocycles. The molecule has 2 heteroatoms. The van der Waals surface area contributed by atoms with E-state index < -0.39 is 0 Å². The summed E-state index contributed by atoms with van der Waals surface area (Å²) in [5, 5.41) is 0. The lowest BCUT2D eigenvalue weighted by Crippen LogP contribution is -2.13. The van der Waals surface area contributed by atoms with Crippen molar-refractivity contribution in [3.8, 4) is 0 Å². The molecule has 0 aromatic heterocycles. The lowest BCUT2D eigenvalue weighted by molar-refractivity contribution is 0.861. The maximum Gasteiger partial charge on any atom is 0.0562 e. The van der Waals surface area contributed by atoms with Crippen LogP contribution < -0.4 is 5.73 Å². The van der Waals surface area contributed by atoms with E-state index in [1.54, 1.807) is 0 Å². The van der Waals surface area contributed by atoms with Gasteiger partial charge in [-0.05, 0) is 53.1 Å². The molecule has 0 heterocycles. The van der Waals surface area contributed by atoms with E-state index in [-0.39, 0.29) is 6.04 Å². The van der Waals surface area contributed by atoms with E-state index in [9.17, 15) is 0 Å². The Labute approximate surface area is 116 Å². The monoisotopic (exact) mass is 337 g/mol. The number of halogens is 1. The Morgan fingerprint density at radius 2 is 1.76 bits per heavy atom. The summed E-state index contributed by atoms with van der Waals surface area (Å²) in [6.45, 7) is 4.21. The van der Waals surface area contributed by atoms with Crippen LogP contribution in [0.1, 0.15) is 28.3 Å². The Morgan fingerprint density at radius 1 is 1.06 bits per heavy atom. The highest BCUT2D eigenvalue weighted by molar-refractivity contribution is 14.1. The van der Waals surface area contributed by atoms with Crippen LogP contribution in [0.2, 0.25) is 0 Å². The highest BCUT2D eigenvalue weighted by atomic mass is 127. The summed E-state index contributed by atoms with van der Waals surface area (Å²) in [6.07, 6.45) is 0. The fraction of sp³-hybridized carbons (Fsp3) is 0.200. The standard InChI is InChI=1S/C15H16IN/c1-10-5-3-7-12(9-10)15(17)13-8-4-6-11(2)14(13)16/h3-9,15H,17H2,1-2H3. The molecule has 1 unspecified atom stereocenters. The molecule has 0 radical (unpaired) electrons. The van der Waals surface area contributed by atoms with E-state index in [1.807, 2.05) is 0 Å². The molecule has 17 heavy (non-hydrogen) atoms. The minimum atomic E-state index is -0.0401. The summed E-state index contributed by atoms with van der Waals surface area (Å²) >= 11 is 2.38. The van der Waals surface area contributed by atoms with E-state index in [0.29, 0.717) is 0 Å². The second-order valence-corrected chi connectivity index (χ2v) is 5.45. The molecule has 0 aliphatic carbocycles. The lowest BCUT2D eigenvalue weighted by Gasteiger charge is -2.16. The van der Waals surface area contributed by atoms with Gasteiger partial charge in [0.05, 0.1) is 6.04 Å². The predicted octanol–water partition coefficient (Wildman–Crippen LogP) is 3.96. The van der Waals surface area contributed by atoms with Crippen LogP contribution in [-0.2, 0) is 0 Å². The molecule has 88 valence electrons. The molecule has 2 aromatic rings. The van der Waals surface area contributed by atoms with Crippen molar-refractivity contribution in [1.82, 2.24) is 0 Å². The van der Waals surface area contributed by atoms with E-state index in [2.05, 4.69) is 78.9 Å². The van der Waals surface area contributed by atoms with Gasteiger partial charge in [-0.3, -0.25) is 0 Å². The van der Waals surface area contributed by atoms with Gasteiger partial charge in [0.25, 0.3) is 0 Å². The molecule has 0 fully saturated rings. The molecular weight excluding hydrogens is 321 g/mol. The first-order valence-corrected chi connectivity index (χ1v) is 6.74. The molecule has 0 aliphatic heterocycles. The molecule has 0 aliphatic rings. The summed E-state index contributed by atoms with van der Waals surface area (Å²) in [5.74, 6) is 0. The maximum absolute atomic E-state index is 6.35. The van der Waals surface area contributed by atoms with Gasteiger partial charge in [0, 0.05) is 3.57 Å². The maximum atomic E-state index is 6.35. The van der Waals surface area contributed by atoms with Crippen LogP contribution in [0.25, 0.3) is 0 Å². The molecule has 1 nitrogen and oxygen atoms in total. The molecule has 1 atom stereocenters. The second kappa shape index (κ2) is 5.19. The van der Waals surface area contributed by atoms with E-state index in [1.165, 1.54) is 25.8 Å². The van der Waals surface area contributed by atoms with Gasteiger partial charge in [0.1, 0.15) is 0 Å². The highest BCUT2D eigenvalue weighted by Gasteiger charge is 2.12. The average molecular weight is 337 g/mol. The van der Waals surface area contributed by atoms with Gasteiger partial charge in [-0.2, -0.15) is 0 Å². The Kier molecular flexibility index (Phi) is 3.84. The Hall–Kier alpha value is -0.870. The Bertz CT molecular complexity index is 534. The first kappa shape index (κ1) is 12.6. The van der Waals surface area contributed by atoms with Crippen molar-refractivity contribution in [3.05, 3.63) is 68.3 Å². The molecule has 2 rings (SSSR count). The van der Waals surface area contributed by atoms with E-state index in [0.717, 1.165) is 0 Å². The minimum Gasteiger partial charge on any atom is -0.320 e. The zero-order chi connectivity index (χ0) is 12.4. The molecule has 2 N–H and O–H groups in total. The van der Waals surface area contributed by atoms with Crippen molar-refractivity contribution in [2.45, 2.75) is 19.9 Å². The van der Waals surface area contributed by atoms with Gasteiger partial charge < -0.3 is 5.73 Å². The number of nitrogens with two attached hydrogens (primary N) is 1. The second-order valence-electron chi connectivity index (χ2n) is 4.37. The third-order valence-electron chi connectivity index (χ3n) is 2.96. The minimum absolute atomic E-state index is 0.0401. The van der Waals surface area contributed by atoms with E-state index in [4.69, 9.17) is 5.73 Å². The molecule has 0 spiro atoms. The quantitative estimate of drug-likeness (QED) is 0.825. The highest BCUT2D eigenvalue weighted by Crippen LogP contribution is 2.26. The van der Waals surface area contributed by atoms with Crippen molar-refractivity contribution in [2.75, 3.05) is 0 Å². The van der Waals surface area contributed by atoms with Gasteiger partial charge >= 0.3 is 0 Å². The van der Waals surface area contributed by atoms with Gasteiger partial charge in [0.15, 0.2) is 0 Å². The summed E-state index contributed by atoms with van der Waals surface area (Å²) in [5.41, 5.74) is 11.3. The average Bonchev–Trinajstić information content (AvgIpc) is 2.32. The molecule has 2 aromatic carbocycles. The van der Waals surface area contributed by atoms with Crippen LogP contribution in [-0.4, -0.2) is 0 Å². The molecular formula is C15H16IN. The van der Waals surface area contributed by atoms with Crippen molar-refractivity contribution in [3.63, 3.8) is 0 Å². The van der Waals surface area contributed by atoms with E-state index >= 15 is 0 Å². The van der Waals surface area contributed by atoms with Crippen molar-refractivity contribution >= 4 is 22.6 Å². The number of hydrogen-bond donors (Lipinski definition) is 1. The van der Waals surface area contributed by atoms with Crippen molar-refractivity contribution < 1.29 is 0 Å². The summed E-state index contributed by atoms with van der Waals surface area (Å²) in [6, 6.07) is 14.7. The number of hydrogen-bond acceptors (Lipinski definition) is 1. The normalized spacial score (nSPS) is 12.5.